The zero-order valence-corrected chi connectivity index (χ0v) is 17.9. The summed E-state index contributed by atoms with van der Waals surface area (Å²) in [5.74, 6) is 0.982. The third-order valence-electron chi connectivity index (χ3n) is 4.49. The first kappa shape index (κ1) is 19.5. The number of thioether (sulfide) groups is 1. The number of esters is 1. The van der Waals surface area contributed by atoms with Gasteiger partial charge in [-0.1, -0.05) is 30.0 Å². The molecule has 7 nitrogen and oxygen atoms in total. The van der Waals surface area contributed by atoms with Gasteiger partial charge in [0.25, 0.3) is 0 Å². The lowest BCUT2D eigenvalue weighted by Gasteiger charge is -2.05. The van der Waals surface area contributed by atoms with Gasteiger partial charge in [0.2, 0.25) is 18.0 Å². The van der Waals surface area contributed by atoms with E-state index in [-0.39, 0.29) is 5.76 Å². The zero-order chi connectivity index (χ0) is 21.2. The number of nitrogens with zero attached hydrogens (tertiary/aromatic N) is 3. The molecule has 0 saturated heterocycles. The number of carbonyl (C=O) groups excluding carboxylic acids is 1. The Morgan fingerprint density at radius 1 is 1.16 bits per heavy atom. The van der Waals surface area contributed by atoms with Crippen molar-refractivity contribution in [2.45, 2.75) is 17.0 Å². The van der Waals surface area contributed by atoms with Crippen molar-refractivity contribution in [1.29, 1.82) is 0 Å². The fourth-order valence-corrected chi connectivity index (χ4v) is 4.93. The largest absolute Gasteiger partial charge is 0.449 e. The van der Waals surface area contributed by atoms with Crippen LogP contribution in [0.3, 0.4) is 0 Å². The molecule has 0 spiro atoms. The summed E-state index contributed by atoms with van der Waals surface area (Å²) in [5.41, 5.74) is 3.15. The van der Waals surface area contributed by atoms with Crippen LogP contribution in [0.25, 0.3) is 22.4 Å². The van der Waals surface area contributed by atoms with Crippen molar-refractivity contribution in [1.82, 2.24) is 15.2 Å². The second-order valence-corrected chi connectivity index (χ2v) is 8.69. The topological polar surface area (TPSA) is 91.2 Å². The maximum Gasteiger partial charge on any atom is 0.379 e. The first-order valence-electron chi connectivity index (χ1n) is 9.31. The second-order valence-electron chi connectivity index (χ2n) is 6.61. The third kappa shape index (κ3) is 4.10. The average molecular weight is 450 g/mol. The van der Waals surface area contributed by atoms with Gasteiger partial charge in [-0.3, -0.25) is 0 Å². The molecular weight excluding hydrogens is 434 g/mol. The van der Waals surface area contributed by atoms with Crippen LogP contribution in [0.5, 0.6) is 5.75 Å². The van der Waals surface area contributed by atoms with Crippen LogP contribution in [0.4, 0.5) is 0 Å². The Kier molecular flexibility index (Phi) is 5.27. The minimum Gasteiger partial charge on any atom is -0.449 e. The number of rotatable bonds is 6. The number of benzene rings is 2. The summed E-state index contributed by atoms with van der Waals surface area (Å²) < 4.78 is 17.6. The van der Waals surface area contributed by atoms with Crippen LogP contribution in [-0.2, 0) is 5.75 Å². The number of furan rings is 1. The van der Waals surface area contributed by atoms with E-state index in [1.165, 1.54) is 6.39 Å². The van der Waals surface area contributed by atoms with Gasteiger partial charge in [-0.15, -0.1) is 21.5 Å². The van der Waals surface area contributed by atoms with Gasteiger partial charge >= 0.3 is 5.97 Å². The number of para-hydroxylation sites is 1. The SMILES string of the molecule is Cc1csc(SCc2c(C(=O)Oc3ccc(-c4nnco4)cc3)oc3ccccc23)n1. The molecule has 9 heteroatoms. The second kappa shape index (κ2) is 8.37. The third-order valence-corrected chi connectivity index (χ3v) is 6.66. The minimum absolute atomic E-state index is 0.197. The van der Waals surface area contributed by atoms with E-state index in [9.17, 15) is 4.79 Å². The number of aromatic nitrogens is 3. The molecule has 0 bridgehead atoms. The summed E-state index contributed by atoms with van der Waals surface area (Å²) in [6.07, 6.45) is 1.26. The highest BCUT2D eigenvalue weighted by Gasteiger charge is 2.23. The van der Waals surface area contributed by atoms with Gasteiger partial charge in [-0.2, -0.15) is 0 Å². The van der Waals surface area contributed by atoms with Crippen molar-refractivity contribution >= 4 is 40.0 Å². The van der Waals surface area contributed by atoms with E-state index < -0.39 is 5.97 Å². The molecule has 31 heavy (non-hydrogen) atoms. The summed E-state index contributed by atoms with van der Waals surface area (Å²) in [6.45, 7) is 1.96. The molecule has 0 saturated carbocycles. The molecule has 0 atom stereocenters. The van der Waals surface area contributed by atoms with Gasteiger partial charge in [-0.25, -0.2) is 9.78 Å². The van der Waals surface area contributed by atoms with Crippen molar-refractivity contribution in [2.24, 2.45) is 0 Å². The molecule has 0 aliphatic carbocycles. The lowest BCUT2D eigenvalue weighted by Crippen LogP contribution is -2.09. The van der Waals surface area contributed by atoms with Crippen molar-refractivity contribution in [3.8, 4) is 17.2 Å². The predicted molar refractivity (Wildman–Crippen MR) is 117 cm³/mol. The van der Waals surface area contributed by atoms with Gasteiger partial charge < -0.3 is 13.6 Å². The normalized spacial score (nSPS) is 11.1. The van der Waals surface area contributed by atoms with Crippen molar-refractivity contribution in [2.75, 3.05) is 0 Å². The van der Waals surface area contributed by atoms with Crippen molar-refractivity contribution in [3.05, 3.63) is 77.3 Å². The molecular formula is C22H15N3O4S2. The van der Waals surface area contributed by atoms with E-state index in [2.05, 4.69) is 15.2 Å². The van der Waals surface area contributed by atoms with E-state index >= 15 is 0 Å². The number of hydrogen-bond acceptors (Lipinski definition) is 9. The van der Waals surface area contributed by atoms with E-state index in [1.807, 2.05) is 36.6 Å². The minimum atomic E-state index is -0.548. The smallest absolute Gasteiger partial charge is 0.379 e. The van der Waals surface area contributed by atoms with Gasteiger partial charge in [0.1, 0.15) is 15.7 Å². The van der Waals surface area contributed by atoms with Crippen LogP contribution in [0.1, 0.15) is 21.8 Å². The molecule has 0 N–H and O–H groups in total. The molecule has 0 radical (unpaired) electrons. The Bertz CT molecular complexity index is 1340. The van der Waals surface area contributed by atoms with E-state index in [1.54, 1.807) is 47.4 Å². The zero-order valence-electron chi connectivity index (χ0n) is 16.3. The maximum atomic E-state index is 13.0. The fourth-order valence-electron chi connectivity index (χ4n) is 3.06. The predicted octanol–water partition coefficient (Wildman–Crippen LogP) is 5.76. The Morgan fingerprint density at radius 3 is 2.74 bits per heavy atom. The molecule has 154 valence electrons. The number of ether oxygens (including phenoxy) is 1. The Morgan fingerprint density at radius 2 is 2.00 bits per heavy atom. The summed E-state index contributed by atoms with van der Waals surface area (Å²) in [5, 5.41) is 10.4. The van der Waals surface area contributed by atoms with Crippen LogP contribution in [0.15, 0.2) is 73.5 Å². The molecule has 3 aromatic heterocycles. The van der Waals surface area contributed by atoms with E-state index in [4.69, 9.17) is 13.6 Å². The first-order chi connectivity index (χ1) is 15.2. The van der Waals surface area contributed by atoms with Gasteiger partial charge in [-0.05, 0) is 37.3 Å². The van der Waals surface area contributed by atoms with Crippen molar-refractivity contribution in [3.63, 3.8) is 0 Å². The summed E-state index contributed by atoms with van der Waals surface area (Å²) in [7, 11) is 0. The first-order valence-corrected chi connectivity index (χ1v) is 11.2. The highest BCUT2D eigenvalue weighted by atomic mass is 32.2. The molecule has 0 aliphatic rings. The lowest BCUT2D eigenvalue weighted by atomic mass is 10.1. The van der Waals surface area contributed by atoms with Crippen LogP contribution in [0, 0.1) is 6.92 Å². The Labute approximate surface area is 185 Å². The lowest BCUT2D eigenvalue weighted by molar-refractivity contribution is 0.0702. The number of thiazole rings is 1. The van der Waals surface area contributed by atoms with E-state index in [0.717, 1.165) is 26.5 Å². The van der Waals surface area contributed by atoms with Crippen LogP contribution in [-0.4, -0.2) is 21.2 Å². The molecule has 0 aliphatic heterocycles. The molecule has 5 aromatic rings. The molecule has 0 amide bonds. The Balaban J connectivity index is 1.40. The number of fused-ring (bicyclic) bond motifs is 1. The van der Waals surface area contributed by atoms with Crippen molar-refractivity contribution < 1.29 is 18.4 Å². The number of carbonyl (C=O) groups is 1. The summed E-state index contributed by atoms with van der Waals surface area (Å²) in [4.78, 5) is 17.4. The number of aryl methyl sites for hydroxylation is 1. The molecule has 2 aromatic carbocycles. The maximum absolute atomic E-state index is 13.0. The average Bonchev–Trinajstić information content (AvgIpc) is 3.53. The summed E-state index contributed by atoms with van der Waals surface area (Å²) >= 11 is 3.15. The highest BCUT2D eigenvalue weighted by Crippen LogP contribution is 2.34. The summed E-state index contributed by atoms with van der Waals surface area (Å²) in [6, 6.07) is 14.4. The molecule has 0 unspecified atom stereocenters. The molecule has 3 heterocycles. The van der Waals surface area contributed by atoms with Crippen LogP contribution < -0.4 is 4.74 Å². The van der Waals surface area contributed by atoms with Gasteiger partial charge in [0.05, 0.1) is 0 Å². The quantitative estimate of drug-likeness (QED) is 0.184. The number of hydrogen-bond donors (Lipinski definition) is 0. The van der Waals surface area contributed by atoms with E-state index in [0.29, 0.717) is 23.0 Å². The monoisotopic (exact) mass is 449 g/mol. The molecule has 5 rings (SSSR count). The molecule has 0 fully saturated rings. The van der Waals surface area contributed by atoms with Gasteiger partial charge in [0, 0.05) is 33.3 Å². The Hall–Kier alpha value is -3.43. The van der Waals surface area contributed by atoms with Gasteiger partial charge in [0.15, 0.2) is 0 Å². The fraction of sp³-hybridized carbons (Fsp3) is 0.0909. The standard InChI is InChI=1S/C22H15N3O4S2/c1-13-10-30-22(24-13)31-11-17-16-4-2-3-5-18(16)29-19(17)21(26)28-15-8-6-14(7-9-15)20-25-23-12-27-20/h2-10,12H,11H2,1H3. The highest BCUT2D eigenvalue weighted by molar-refractivity contribution is 8.00. The van der Waals surface area contributed by atoms with Crippen LogP contribution >= 0.6 is 23.1 Å². The van der Waals surface area contributed by atoms with Crippen LogP contribution in [0.2, 0.25) is 0 Å².